The Morgan fingerprint density at radius 3 is 2.94 bits per heavy atom. The molecule has 2 rings (SSSR count). The molecule has 0 amide bonds. The molecule has 0 atom stereocenters. The third-order valence-corrected chi connectivity index (χ3v) is 3.94. The zero-order chi connectivity index (χ0) is 12.8. The predicted molar refractivity (Wildman–Crippen MR) is 68.0 cm³/mol. The highest BCUT2D eigenvalue weighted by Gasteiger charge is 2.20. The number of nitrogens with one attached hydrogen (secondary N) is 1. The molecule has 0 saturated carbocycles. The Morgan fingerprint density at radius 2 is 2.22 bits per heavy atom. The standard InChI is InChI=1S/C10H18N4O3S/c1-16-5-2-11-8-9-12-13-10(17-9)14-3-6-18(15)7-4-14/h11H,2-8H2,1H3. The first-order chi connectivity index (χ1) is 8.79. The Kier molecular flexibility index (Phi) is 5.09. The van der Waals surface area contributed by atoms with E-state index in [4.69, 9.17) is 9.15 Å². The lowest BCUT2D eigenvalue weighted by atomic mass is 10.5. The van der Waals surface area contributed by atoms with Crippen molar-refractivity contribution in [3.63, 3.8) is 0 Å². The Labute approximate surface area is 108 Å². The minimum absolute atomic E-state index is 0.523. The van der Waals surface area contributed by atoms with Crippen LogP contribution in [0.1, 0.15) is 5.89 Å². The molecule has 1 saturated heterocycles. The molecule has 18 heavy (non-hydrogen) atoms. The van der Waals surface area contributed by atoms with Crippen molar-refractivity contribution in [2.45, 2.75) is 6.54 Å². The highest BCUT2D eigenvalue weighted by atomic mass is 32.2. The largest absolute Gasteiger partial charge is 0.407 e. The quantitative estimate of drug-likeness (QED) is 0.692. The molecule has 0 bridgehead atoms. The number of nitrogens with zero attached hydrogens (tertiary/aromatic N) is 3. The Morgan fingerprint density at radius 1 is 1.44 bits per heavy atom. The smallest absolute Gasteiger partial charge is 0.318 e. The molecule has 2 heterocycles. The van der Waals surface area contributed by atoms with Crippen molar-refractivity contribution in [2.75, 3.05) is 49.8 Å². The summed E-state index contributed by atoms with van der Waals surface area (Å²) in [6.07, 6.45) is 0. The topological polar surface area (TPSA) is 80.5 Å². The van der Waals surface area contributed by atoms with Gasteiger partial charge in [0.05, 0.1) is 13.2 Å². The van der Waals surface area contributed by atoms with Crippen molar-refractivity contribution in [3.05, 3.63) is 5.89 Å². The fourth-order valence-corrected chi connectivity index (χ4v) is 2.69. The molecular weight excluding hydrogens is 256 g/mol. The van der Waals surface area contributed by atoms with Gasteiger partial charge in [0.15, 0.2) is 0 Å². The lowest BCUT2D eigenvalue weighted by Gasteiger charge is -2.23. The maximum Gasteiger partial charge on any atom is 0.318 e. The van der Waals surface area contributed by atoms with Crippen molar-refractivity contribution in [1.82, 2.24) is 15.5 Å². The number of ether oxygens (including phenoxy) is 1. The Balaban J connectivity index is 1.80. The van der Waals surface area contributed by atoms with Crippen molar-refractivity contribution in [3.8, 4) is 0 Å². The zero-order valence-corrected chi connectivity index (χ0v) is 11.2. The van der Waals surface area contributed by atoms with Gasteiger partial charge in [0.1, 0.15) is 0 Å². The molecule has 0 spiro atoms. The maximum absolute atomic E-state index is 11.2. The first-order valence-corrected chi connectivity index (χ1v) is 7.40. The first-order valence-electron chi connectivity index (χ1n) is 5.91. The summed E-state index contributed by atoms with van der Waals surface area (Å²) in [5, 5.41) is 11.1. The zero-order valence-electron chi connectivity index (χ0n) is 10.4. The number of aromatic nitrogens is 2. The van der Waals surface area contributed by atoms with E-state index in [2.05, 4.69) is 15.5 Å². The molecule has 1 N–H and O–H groups in total. The molecule has 1 aromatic rings. The van der Waals surface area contributed by atoms with Crippen LogP contribution in [0.4, 0.5) is 6.01 Å². The van der Waals surface area contributed by atoms with Gasteiger partial charge in [-0.25, -0.2) is 0 Å². The van der Waals surface area contributed by atoms with E-state index in [1.165, 1.54) is 0 Å². The van der Waals surface area contributed by atoms with Crippen LogP contribution in [0.25, 0.3) is 0 Å². The highest BCUT2D eigenvalue weighted by Crippen LogP contribution is 2.14. The van der Waals surface area contributed by atoms with Gasteiger partial charge in [0.25, 0.3) is 0 Å². The number of rotatable bonds is 6. The molecule has 7 nitrogen and oxygen atoms in total. The van der Waals surface area contributed by atoms with Gasteiger partial charge in [0.2, 0.25) is 5.89 Å². The fourth-order valence-electron chi connectivity index (χ4n) is 1.64. The molecular formula is C10H18N4O3S. The Hall–Kier alpha value is -0.990. The van der Waals surface area contributed by atoms with E-state index < -0.39 is 10.8 Å². The van der Waals surface area contributed by atoms with E-state index in [0.29, 0.717) is 49.7 Å². The average Bonchev–Trinajstić information content (AvgIpc) is 2.84. The Bertz CT molecular complexity index is 388. The number of hydrogen-bond donors (Lipinski definition) is 1. The van der Waals surface area contributed by atoms with Crippen molar-refractivity contribution >= 4 is 16.8 Å². The van der Waals surface area contributed by atoms with Crippen LogP contribution < -0.4 is 10.2 Å². The second-order valence-corrected chi connectivity index (χ2v) is 5.68. The normalized spacial score (nSPS) is 17.3. The molecule has 0 aliphatic carbocycles. The van der Waals surface area contributed by atoms with Crippen molar-refractivity contribution in [2.24, 2.45) is 0 Å². The van der Waals surface area contributed by atoms with E-state index in [-0.39, 0.29) is 0 Å². The lowest BCUT2D eigenvalue weighted by Crippen LogP contribution is -2.37. The van der Waals surface area contributed by atoms with Gasteiger partial charge in [-0.2, -0.15) is 0 Å². The predicted octanol–water partition coefficient (Wildman–Crippen LogP) is -0.626. The van der Waals surface area contributed by atoms with E-state index in [9.17, 15) is 4.21 Å². The average molecular weight is 274 g/mol. The summed E-state index contributed by atoms with van der Waals surface area (Å²) in [5.41, 5.74) is 0. The van der Waals surface area contributed by atoms with Gasteiger partial charge in [-0.3, -0.25) is 4.21 Å². The summed E-state index contributed by atoms with van der Waals surface area (Å²) < 4.78 is 21.7. The highest BCUT2D eigenvalue weighted by molar-refractivity contribution is 7.85. The van der Waals surface area contributed by atoms with Crippen molar-refractivity contribution < 1.29 is 13.4 Å². The number of methoxy groups -OCH3 is 1. The van der Waals surface area contributed by atoms with Gasteiger partial charge >= 0.3 is 6.01 Å². The molecule has 0 radical (unpaired) electrons. The summed E-state index contributed by atoms with van der Waals surface area (Å²) in [6.45, 7) is 3.36. The number of anilines is 1. The molecule has 0 unspecified atom stereocenters. The van der Waals surface area contributed by atoms with Gasteiger partial charge < -0.3 is 19.4 Å². The van der Waals surface area contributed by atoms with Crippen LogP contribution in [0.5, 0.6) is 0 Å². The van der Waals surface area contributed by atoms with Crippen LogP contribution in [0.3, 0.4) is 0 Å². The van der Waals surface area contributed by atoms with Crippen LogP contribution in [0, 0.1) is 0 Å². The summed E-state index contributed by atoms with van der Waals surface area (Å²) >= 11 is 0. The molecule has 0 aromatic carbocycles. The van der Waals surface area contributed by atoms with Crippen LogP contribution in [0.15, 0.2) is 4.42 Å². The molecule has 102 valence electrons. The summed E-state index contributed by atoms with van der Waals surface area (Å²) in [4.78, 5) is 1.98. The minimum Gasteiger partial charge on any atom is -0.407 e. The first kappa shape index (κ1) is 13.4. The SMILES string of the molecule is COCCNCc1nnc(N2CCS(=O)CC2)o1. The minimum atomic E-state index is -0.693. The lowest BCUT2D eigenvalue weighted by molar-refractivity contribution is 0.198. The van der Waals surface area contributed by atoms with E-state index >= 15 is 0 Å². The third kappa shape index (κ3) is 3.76. The molecule has 1 aromatic heterocycles. The van der Waals surface area contributed by atoms with Crippen LogP contribution in [0.2, 0.25) is 0 Å². The molecule has 1 fully saturated rings. The molecule has 8 heteroatoms. The van der Waals surface area contributed by atoms with Crippen molar-refractivity contribution in [1.29, 1.82) is 0 Å². The van der Waals surface area contributed by atoms with Gasteiger partial charge in [-0.1, -0.05) is 5.10 Å². The number of hydrogen-bond acceptors (Lipinski definition) is 7. The van der Waals surface area contributed by atoms with Crippen LogP contribution in [-0.2, 0) is 22.1 Å². The van der Waals surface area contributed by atoms with Gasteiger partial charge in [-0.05, 0) is 0 Å². The van der Waals surface area contributed by atoms with E-state index in [0.717, 1.165) is 6.54 Å². The summed E-state index contributed by atoms with van der Waals surface area (Å²) in [6, 6.07) is 0.523. The van der Waals surface area contributed by atoms with Crippen LogP contribution >= 0.6 is 0 Å². The summed E-state index contributed by atoms with van der Waals surface area (Å²) in [7, 11) is 0.967. The fraction of sp³-hybridized carbons (Fsp3) is 0.800. The molecule has 1 aliphatic heterocycles. The maximum atomic E-state index is 11.2. The third-order valence-electron chi connectivity index (χ3n) is 2.66. The van der Waals surface area contributed by atoms with E-state index in [1.807, 2.05) is 4.90 Å². The van der Waals surface area contributed by atoms with Crippen LogP contribution in [-0.4, -0.2) is 59.3 Å². The second-order valence-electron chi connectivity index (χ2n) is 3.98. The monoisotopic (exact) mass is 274 g/mol. The summed E-state index contributed by atoms with van der Waals surface area (Å²) in [5.74, 6) is 1.90. The second kappa shape index (κ2) is 6.81. The van der Waals surface area contributed by atoms with Gasteiger partial charge in [0, 0.05) is 49.0 Å². The molecule has 1 aliphatic rings. The van der Waals surface area contributed by atoms with E-state index in [1.54, 1.807) is 7.11 Å². The van der Waals surface area contributed by atoms with Gasteiger partial charge in [-0.15, -0.1) is 5.10 Å².